The van der Waals surface area contributed by atoms with E-state index >= 15 is 0 Å². The van der Waals surface area contributed by atoms with Gasteiger partial charge in [-0.2, -0.15) is 12.6 Å². The molecule has 0 spiro atoms. The number of nitrogens with zero attached hydrogens (tertiary/aromatic N) is 2. The maximum Gasteiger partial charge on any atom is 0.236 e. The first-order chi connectivity index (χ1) is 9.08. The quantitative estimate of drug-likeness (QED) is 0.851. The van der Waals surface area contributed by atoms with E-state index in [1.807, 2.05) is 35.2 Å². The van der Waals surface area contributed by atoms with Crippen LogP contribution in [-0.4, -0.2) is 53.7 Å². The highest BCUT2D eigenvalue weighted by Crippen LogP contribution is 2.15. The highest BCUT2D eigenvalue weighted by molar-refractivity contribution is 7.81. The van der Waals surface area contributed by atoms with Gasteiger partial charge in [-0.05, 0) is 26.0 Å². The van der Waals surface area contributed by atoms with Gasteiger partial charge in [-0.1, -0.05) is 30.3 Å². The Labute approximate surface area is 121 Å². The van der Waals surface area contributed by atoms with Crippen LogP contribution in [-0.2, 0) is 11.2 Å². The van der Waals surface area contributed by atoms with Crippen LogP contribution in [0.3, 0.4) is 0 Å². The van der Waals surface area contributed by atoms with Gasteiger partial charge in [0.25, 0.3) is 0 Å². The molecule has 0 N–H and O–H groups in total. The monoisotopic (exact) mass is 278 g/mol. The minimum Gasteiger partial charge on any atom is -0.336 e. The van der Waals surface area contributed by atoms with Crippen LogP contribution in [0.15, 0.2) is 30.3 Å². The molecule has 2 atom stereocenters. The van der Waals surface area contributed by atoms with E-state index in [1.54, 1.807) is 0 Å². The number of carbonyl (C=O) groups excluding carboxylic acids is 1. The van der Waals surface area contributed by atoms with Crippen molar-refractivity contribution >= 4 is 18.5 Å². The fourth-order valence-electron chi connectivity index (χ4n) is 2.58. The average molecular weight is 278 g/mol. The number of benzene rings is 1. The Hall–Kier alpha value is -1.00. The van der Waals surface area contributed by atoms with Crippen LogP contribution in [0.25, 0.3) is 0 Å². The summed E-state index contributed by atoms with van der Waals surface area (Å²) in [5.41, 5.74) is 1.16. The van der Waals surface area contributed by atoms with Crippen LogP contribution in [0.1, 0.15) is 12.5 Å². The van der Waals surface area contributed by atoms with Gasteiger partial charge in [0.05, 0.1) is 5.25 Å². The second kappa shape index (κ2) is 6.44. The molecule has 104 valence electrons. The SMILES string of the molecule is CC1CN(C)CCN1C(=O)C(S)Cc1ccccc1. The Kier molecular flexibility index (Phi) is 4.88. The maximum absolute atomic E-state index is 12.5. The Bertz CT molecular complexity index is 423. The Morgan fingerprint density at radius 1 is 1.37 bits per heavy atom. The standard InChI is InChI=1S/C15H22N2OS/c1-12-11-16(2)8-9-17(12)15(18)14(19)10-13-6-4-3-5-7-13/h3-7,12,14,19H,8-11H2,1-2H3. The summed E-state index contributed by atoms with van der Waals surface area (Å²) < 4.78 is 0. The predicted molar refractivity (Wildman–Crippen MR) is 81.6 cm³/mol. The van der Waals surface area contributed by atoms with Gasteiger partial charge in [0, 0.05) is 25.7 Å². The van der Waals surface area contributed by atoms with E-state index in [-0.39, 0.29) is 17.2 Å². The summed E-state index contributed by atoms with van der Waals surface area (Å²) in [5.74, 6) is 0.160. The second-order valence-electron chi connectivity index (χ2n) is 5.35. The van der Waals surface area contributed by atoms with Crippen molar-refractivity contribution in [2.24, 2.45) is 0 Å². The summed E-state index contributed by atoms with van der Waals surface area (Å²) in [6, 6.07) is 10.4. The molecule has 0 radical (unpaired) electrons. The molecule has 1 amide bonds. The van der Waals surface area contributed by atoms with Crippen LogP contribution in [0.5, 0.6) is 0 Å². The second-order valence-corrected chi connectivity index (χ2v) is 5.97. The molecule has 1 aromatic carbocycles. The van der Waals surface area contributed by atoms with Gasteiger partial charge in [0.15, 0.2) is 0 Å². The number of likely N-dealkylation sites (N-methyl/N-ethyl adjacent to an activating group) is 1. The molecule has 19 heavy (non-hydrogen) atoms. The molecule has 1 fully saturated rings. The van der Waals surface area contributed by atoms with Crippen molar-refractivity contribution in [1.82, 2.24) is 9.80 Å². The number of carbonyl (C=O) groups is 1. The average Bonchev–Trinajstić information content (AvgIpc) is 2.39. The highest BCUT2D eigenvalue weighted by Gasteiger charge is 2.29. The lowest BCUT2D eigenvalue weighted by Gasteiger charge is -2.39. The fraction of sp³-hybridized carbons (Fsp3) is 0.533. The van der Waals surface area contributed by atoms with Gasteiger partial charge >= 0.3 is 0 Å². The van der Waals surface area contributed by atoms with E-state index in [0.717, 1.165) is 25.2 Å². The van der Waals surface area contributed by atoms with Crippen molar-refractivity contribution in [3.8, 4) is 0 Å². The molecule has 1 heterocycles. The van der Waals surface area contributed by atoms with Crippen LogP contribution in [0.4, 0.5) is 0 Å². The van der Waals surface area contributed by atoms with E-state index in [2.05, 4.69) is 31.5 Å². The molecule has 0 saturated carbocycles. The Balaban J connectivity index is 1.95. The van der Waals surface area contributed by atoms with Gasteiger partial charge in [-0.3, -0.25) is 4.79 Å². The van der Waals surface area contributed by atoms with Crippen LogP contribution in [0, 0.1) is 0 Å². The molecule has 1 aliphatic heterocycles. The largest absolute Gasteiger partial charge is 0.336 e. The molecule has 2 rings (SSSR count). The molecule has 1 saturated heterocycles. The molecular weight excluding hydrogens is 256 g/mol. The predicted octanol–water partition coefficient (Wildman–Crippen LogP) is 1.69. The summed E-state index contributed by atoms with van der Waals surface area (Å²) in [5, 5.41) is -0.242. The number of amides is 1. The highest BCUT2D eigenvalue weighted by atomic mass is 32.1. The van der Waals surface area contributed by atoms with Crippen LogP contribution in [0.2, 0.25) is 0 Å². The van der Waals surface area contributed by atoms with Crippen molar-refractivity contribution in [3.63, 3.8) is 0 Å². The maximum atomic E-state index is 12.5. The van der Waals surface area contributed by atoms with E-state index in [9.17, 15) is 4.79 Å². The van der Waals surface area contributed by atoms with E-state index in [0.29, 0.717) is 6.42 Å². The van der Waals surface area contributed by atoms with Crippen LogP contribution < -0.4 is 0 Å². The zero-order valence-corrected chi connectivity index (χ0v) is 12.5. The van der Waals surface area contributed by atoms with E-state index in [4.69, 9.17) is 0 Å². The minimum atomic E-state index is -0.242. The lowest BCUT2D eigenvalue weighted by Crippen LogP contribution is -2.54. The Morgan fingerprint density at radius 3 is 2.68 bits per heavy atom. The molecule has 0 aromatic heterocycles. The third-order valence-electron chi connectivity index (χ3n) is 3.67. The topological polar surface area (TPSA) is 23.6 Å². The lowest BCUT2D eigenvalue weighted by molar-refractivity contribution is -0.134. The summed E-state index contributed by atoms with van der Waals surface area (Å²) in [7, 11) is 2.10. The molecule has 0 bridgehead atoms. The first-order valence-corrected chi connectivity index (χ1v) is 7.30. The van der Waals surface area contributed by atoms with Crippen LogP contribution >= 0.6 is 12.6 Å². The van der Waals surface area contributed by atoms with Gasteiger partial charge in [0.1, 0.15) is 0 Å². The summed E-state index contributed by atoms with van der Waals surface area (Å²) in [6.07, 6.45) is 0.696. The van der Waals surface area contributed by atoms with Crippen molar-refractivity contribution < 1.29 is 4.79 Å². The lowest BCUT2D eigenvalue weighted by atomic mass is 10.1. The third-order valence-corrected chi connectivity index (χ3v) is 4.07. The first-order valence-electron chi connectivity index (χ1n) is 6.79. The van der Waals surface area contributed by atoms with Crippen molar-refractivity contribution in [2.75, 3.05) is 26.7 Å². The van der Waals surface area contributed by atoms with Crippen molar-refractivity contribution in [2.45, 2.75) is 24.6 Å². The summed E-state index contributed by atoms with van der Waals surface area (Å²) in [6.45, 7) is 4.80. The third kappa shape index (κ3) is 3.74. The number of piperazine rings is 1. The summed E-state index contributed by atoms with van der Waals surface area (Å²) in [4.78, 5) is 16.7. The number of thiol groups is 1. The molecule has 2 unspecified atom stereocenters. The molecule has 3 nitrogen and oxygen atoms in total. The smallest absolute Gasteiger partial charge is 0.236 e. The molecule has 1 aromatic rings. The number of hydrogen-bond acceptors (Lipinski definition) is 3. The fourth-order valence-corrected chi connectivity index (χ4v) is 2.94. The molecular formula is C15H22N2OS. The first kappa shape index (κ1) is 14.4. The summed E-state index contributed by atoms with van der Waals surface area (Å²) >= 11 is 4.50. The zero-order chi connectivity index (χ0) is 13.8. The van der Waals surface area contributed by atoms with Crippen molar-refractivity contribution in [3.05, 3.63) is 35.9 Å². The van der Waals surface area contributed by atoms with E-state index < -0.39 is 0 Å². The minimum absolute atomic E-state index is 0.160. The van der Waals surface area contributed by atoms with Gasteiger partial charge in [-0.15, -0.1) is 0 Å². The van der Waals surface area contributed by atoms with Gasteiger partial charge in [0.2, 0.25) is 5.91 Å². The Morgan fingerprint density at radius 2 is 2.05 bits per heavy atom. The zero-order valence-electron chi connectivity index (χ0n) is 11.6. The number of hydrogen-bond donors (Lipinski definition) is 1. The van der Waals surface area contributed by atoms with Gasteiger partial charge in [-0.25, -0.2) is 0 Å². The normalized spacial score (nSPS) is 22.3. The van der Waals surface area contributed by atoms with Crippen molar-refractivity contribution in [1.29, 1.82) is 0 Å². The van der Waals surface area contributed by atoms with E-state index in [1.165, 1.54) is 0 Å². The van der Waals surface area contributed by atoms with Gasteiger partial charge < -0.3 is 9.80 Å². The molecule has 1 aliphatic rings. The molecule has 4 heteroatoms. The molecule has 0 aliphatic carbocycles. The number of rotatable bonds is 3.